The highest BCUT2D eigenvalue weighted by Crippen LogP contribution is 2.36. The predicted octanol–water partition coefficient (Wildman–Crippen LogP) is 3.13. The summed E-state index contributed by atoms with van der Waals surface area (Å²) in [4.78, 5) is 34.2. The molecule has 33 heavy (non-hydrogen) atoms. The Morgan fingerprint density at radius 2 is 2.03 bits per heavy atom. The molecule has 0 atom stereocenters. The van der Waals surface area contributed by atoms with E-state index in [2.05, 4.69) is 30.8 Å². The molecule has 2 aromatic rings. The highest BCUT2D eigenvalue weighted by Gasteiger charge is 2.31. The first-order valence-corrected chi connectivity index (χ1v) is 11.5. The fraction of sp³-hybridized carbons (Fsp3) is 0.391. The number of unbranched alkanes of at least 4 members (excludes halogenated alkanes) is 2. The standard InChI is InChI=1S/C23H27ClN6O3/c24-17-7-6-15(4-2-1-3-5-19(31)32)12-18(17)26-13-16-20-21(29-23(16)33)27-14-28-22(20)30-10-8-25-9-11-30/h6-7,12-14,25-26H,1-5,8-11H2,(H,31,32)(H,27,28,29,33)/b16-13-. The number of hydrogen-bond acceptors (Lipinski definition) is 7. The molecule has 0 bridgehead atoms. The molecule has 3 heterocycles. The van der Waals surface area contributed by atoms with Crippen molar-refractivity contribution in [2.24, 2.45) is 0 Å². The van der Waals surface area contributed by atoms with Gasteiger partial charge in [0.05, 0.1) is 21.8 Å². The number of amides is 1. The lowest BCUT2D eigenvalue weighted by atomic mass is 10.1. The van der Waals surface area contributed by atoms with Gasteiger partial charge >= 0.3 is 5.97 Å². The number of carbonyl (C=O) groups is 2. The van der Waals surface area contributed by atoms with Gasteiger partial charge in [0.2, 0.25) is 0 Å². The molecule has 1 fully saturated rings. The van der Waals surface area contributed by atoms with E-state index >= 15 is 0 Å². The van der Waals surface area contributed by atoms with E-state index in [0.29, 0.717) is 34.1 Å². The molecule has 174 valence electrons. The second-order valence-corrected chi connectivity index (χ2v) is 8.49. The summed E-state index contributed by atoms with van der Waals surface area (Å²) in [5.41, 5.74) is 2.96. The fourth-order valence-corrected chi connectivity index (χ4v) is 4.20. The van der Waals surface area contributed by atoms with Crippen molar-refractivity contribution in [3.05, 3.63) is 46.9 Å². The summed E-state index contributed by atoms with van der Waals surface area (Å²) in [6.07, 6.45) is 6.59. The number of aliphatic carboxylic acids is 1. The van der Waals surface area contributed by atoms with E-state index in [9.17, 15) is 9.59 Å². The van der Waals surface area contributed by atoms with Crippen molar-refractivity contribution in [2.75, 3.05) is 41.7 Å². The Balaban J connectivity index is 1.50. The number of aromatic nitrogens is 2. The van der Waals surface area contributed by atoms with Crippen LogP contribution in [-0.4, -0.2) is 53.1 Å². The van der Waals surface area contributed by atoms with E-state index in [1.165, 1.54) is 6.33 Å². The summed E-state index contributed by atoms with van der Waals surface area (Å²) in [6, 6.07) is 5.75. The molecular formula is C23H27ClN6O3. The van der Waals surface area contributed by atoms with Gasteiger partial charge < -0.3 is 26.0 Å². The third-order valence-electron chi connectivity index (χ3n) is 5.75. The predicted molar refractivity (Wildman–Crippen MR) is 129 cm³/mol. The van der Waals surface area contributed by atoms with Crippen LogP contribution in [0.3, 0.4) is 0 Å². The molecule has 2 aliphatic rings. The van der Waals surface area contributed by atoms with Gasteiger partial charge in [0.25, 0.3) is 5.91 Å². The molecule has 0 spiro atoms. The van der Waals surface area contributed by atoms with Crippen molar-refractivity contribution in [2.45, 2.75) is 32.1 Å². The zero-order valence-corrected chi connectivity index (χ0v) is 19.0. The highest BCUT2D eigenvalue weighted by atomic mass is 35.5. The van der Waals surface area contributed by atoms with Crippen molar-refractivity contribution in [1.29, 1.82) is 0 Å². The minimum absolute atomic E-state index is 0.199. The molecule has 0 saturated carbocycles. The van der Waals surface area contributed by atoms with Crippen LogP contribution in [0.1, 0.15) is 36.8 Å². The number of aryl methyl sites for hydroxylation is 1. The maximum Gasteiger partial charge on any atom is 0.303 e. The highest BCUT2D eigenvalue weighted by molar-refractivity contribution is 6.34. The maximum absolute atomic E-state index is 12.7. The zero-order valence-electron chi connectivity index (χ0n) is 18.2. The number of halogens is 1. The lowest BCUT2D eigenvalue weighted by Crippen LogP contribution is -2.44. The first-order valence-electron chi connectivity index (χ1n) is 11.1. The van der Waals surface area contributed by atoms with Gasteiger partial charge in [-0.1, -0.05) is 24.1 Å². The number of hydrogen-bond donors (Lipinski definition) is 4. The number of nitrogens with zero attached hydrogens (tertiary/aromatic N) is 3. The first-order chi connectivity index (χ1) is 16.0. The third-order valence-corrected chi connectivity index (χ3v) is 6.08. The minimum Gasteiger partial charge on any atom is -0.481 e. The summed E-state index contributed by atoms with van der Waals surface area (Å²) in [5.74, 6) is 0.260. The van der Waals surface area contributed by atoms with Crippen LogP contribution >= 0.6 is 11.6 Å². The van der Waals surface area contributed by atoms with E-state index in [0.717, 1.165) is 56.8 Å². The molecule has 1 aromatic carbocycles. The number of piperazine rings is 1. The first kappa shape index (κ1) is 23.0. The van der Waals surface area contributed by atoms with Crippen LogP contribution in [0.15, 0.2) is 30.7 Å². The summed E-state index contributed by atoms with van der Waals surface area (Å²) in [5, 5.41) is 18.6. The van der Waals surface area contributed by atoms with Gasteiger partial charge in [0.1, 0.15) is 18.0 Å². The van der Waals surface area contributed by atoms with Crippen LogP contribution in [0.5, 0.6) is 0 Å². The maximum atomic E-state index is 12.7. The van der Waals surface area contributed by atoms with Crippen LogP contribution in [-0.2, 0) is 16.0 Å². The molecular weight excluding hydrogens is 444 g/mol. The third kappa shape index (κ3) is 5.61. The molecule has 0 radical (unpaired) electrons. The lowest BCUT2D eigenvalue weighted by molar-refractivity contribution is -0.137. The summed E-state index contributed by atoms with van der Waals surface area (Å²) < 4.78 is 0. The van der Waals surface area contributed by atoms with E-state index in [-0.39, 0.29) is 12.3 Å². The van der Waals surface area contributed by atoms with E-state index in [4.69, 9.17) is 16.7 Å². The number of carbonyl (C=O) groups excluding carboxylic acids is 1. The molecule has 0 aliphatic carbocycles. The summed E-state index contributed by atoms with van der Waals surface area (Å²) >= 11 is 6.39. The van der Waals surface area contributed by atoms with Crippen molar-refractivity contribution >= 4 is 46.4 Å². The number of carboxylic acid groups (broad SMARTS) is 1. The smallest absolute Gasteiger partial charge is 0.303 e. The Morgan fingerprint density at radius 3 is 2.82 bits per heavy atom. The van der Waals surface area contributed by atoms with Gasteiger partial charge in [0, 0.05) is 38.8 Å². The van der Waals surface area contributed by atoms with Gasteiger partial charge in [-0.15, -0.1) is 0 Å². The molecule has 9 nitrogen and oxygen atoms in total. The number of carboxylic acids is 1. The largest absolute Gasteiger partial charge is 0.481 e. The molecule has 4 N–H and O–H groups in total. The van der Waals surface area contributed by atoms with Gasteiger partial charge in [-0.25, -0.2) is 9.97 Å². The molecule has 1 amide bonds. The number of rotatable bonds is 9. The van der Waals surface area contributed by atoms with E-state index < -0.39 is 5.97 Å². The van der Waals surface area contributed by atoms with Crippen molar-refractivity contribution in [1.82, 2.24) is 15.3 Å². The minimum atomic E-state index is -0.760. The van der Waals surface area contributed by atoms with Crippen LogP contribution in [0.4, 0.5) is 17.3 Å². The van der Waals surface area contributed by atoms with Gasteiger partial charge in [0.15, 0.2) is 0 Å². The van der Waals surface area contributed by atoms with Crippen molar-refractivity contribution in [3.63, 3.8) is 0 Å². The molecule has 1 saturated heterocycles. The molecule has 10 heteroatoms. The van der Waals surface area contributed by atoms with Gasteiger partial charge in [-0.2, -0.15) is 0 Å². The Kier molecular flexibility index (Phi) is 7.41. The van der Waals surface area contributed by atoms with Crippen molar-refractivity contribution < 1.29 is 14.7 Å². The molecule has 2 aliphatic heterocycles. The van der Waals surface area contributed by atoms with Crippen LogP contribution in [0, 0.1) is 0 Å². The average Bonchev–Trinajstić information content (AvgIpc) is 3.14. The van der Waals surface area contributed by atoms with E-state index in [1.54, 1.807) is 6.20 Å². The SMILES string of the molecule is O=C(O)CCCCCc1ccc(Cl)c(N/C=C2\C(=O)Nc3ncnc(N4CCNCC4)c32)c1. The fourth-order valence-electron chi connectivity index (χ4n) is 4.03. The number of anilines is 3. The van der Waals surface area contributed by atoms with Crippen LogP contribution in [0.25, 0.3) is 5.57 Å². The van der Waals surface area contributed by atoms with Gasteiger partial charge in [-0.3, -0.25) is 9.59 Å². The Morgan fingerprint density at radius 1 is 1.21 bits per heavy atom. The Hall–Kier alpha value is -3.17. The number of nitrogens with one attached hydrogen (secondary N) is 3. The lowest BCUT2D eigenvalue weighted by Gasteiger charge is -2.29. The van der Waals surface area contributed by atoms with Crippen LogP contribution in [0.2, 0.25) is 5.02 Å². The normalized spacial score (nSPS) is 16.6. The van der Waals surface area contributed by atoms with Crippen LogP contribution < -0.4 is 20.9 Å². The summed E-state index contributed by atoms with van der Waals surface area (Å²) in [7, 11) is 0. The summed E-state index contributed by atoms with van der Waals surface area (Å²) in [6.45, 7) is 3.32. The quantitative estimate of drug-likeness (QED) is 0.326. The second kappa shape index (κ2) is 10.6. The Labute approximate surface area is 197 Å². The zero-order chi connectivity index (χ0) is 23.2. The number of benzene rings is 1. The molecule has 0 unspecified atom stereocenters. The second-order valence-electron chi connectivity index (χ2n) is 8.08. The topological polar surface area (TPSA) is 119 Å². The Bertz CT molecular complexity index is 1070. The number of fused-ring (bicyclic) bond motifs is 1. The molecule has 1 aromatic heterocycles. The molecule has 4 rings (SSSR count). The van der Waals surface area contributed by atoms with Crippen molar-refractivity contribution in [3.8, 4) is 0 Å². The average molecular weight is 471 g/mol. The monoisotopic (exact) mass is 470 g/mol. The van der Waals surface area contributed by atoms with E-state index in [1.807, 2.05) is 18.2 Å². The van der Waals surface area contributed by atoms with Gasteiger partial charge in [-0.05, 0) is 37.0 Å².